The van der Waals surface area contributed by atoms with Crippen molar-refractivity contribution in [3.63, 3.8) is 0 Å². The summed E-state index contributed by atoms with van der Waals surface area (Å²) in [6.45, 7) is 4.23. The van der Waals surface area contributed by atoms with E-state index >= 15 is 0 Å². The van der Waals surface area contributed by atoms with Crippen LogP contribution in [-0.2, 0) is 7.05 Å². The van der Waals surface area contributed by atoms with Gasteiger partial charge in [0, 0.05) is 30.9 Å². The number of alkyl halides is 1. The molecule has 0 amide bonds. The molecule has 13 heavy (non-hydrogen) atoms. The van der Waals surface area contributed by atoms with Crippen LogP contribution in [0.15, 0.2) is 12.4 Å². The highest BCUT2D eigenvalue weighted by molar-refractivity contribution is 6.17. The number of hydrogen-bond donors (Lipinski definition) is 1. The number of aryl methyl sites for hydroxylation is 1. The van der Waals surface area contributed by atoms with Gasteiger partial charge < -0.3 is 9.88 Å². The van der Waals surface area contributed by atoms with Gasteiger partial charge in [0.25, 0.3) is 0 Å². The topological polar surface area (TPSA) is 29.9 Å². The van der Waals surface area contributed by atoms with Gasteiger partial charge in [-0.1, -0.05) is 0 Å². The molecule has 74 valence electrons. The summed E-state index contributed by atoms with van der Waals surface area (Å²) < 4.78 is 1.95. The smallest absolute Gasteiger partial charge is 0.202 e. The van der Waals surface area contributed by atoms with Crippen molar-refractivity contribution in [3.8, 4) is 0 Å². The molecule has 3 nitrogen and oxygen atoms in total. The van der Waals surface area contributed by atoms with Crippen LogP contribution in [0.5, 0.6) is 0 Å². The number of anilines is 1. The molecule has 1 rings (SSSR count). The molecular formula is C9H16ClN3. The van der Waals surface area contributed by atoms with Crippen LogP contribution in [-0.4, -0.2) is 21.0 Å². The third-order valence-electron chi connectivity index (χ3n) is 1.99. The summed E-state index contributed by atoms with van der Waals surface area (Å²) in [6, 6.07) is 0. The lowest BCUT2D eigenvalue weighted by molar-refractivity contribution is 0.542. The molecule has 4 heteroatoms. The van der Waals surface area contributed by atoms with Crippen molar-refractivity contribution in [1.82, 2.24) is 9.55 Å². The molecule has 0 fully saturated rings. The first-order valence-corrected chi connectivity index (χ1v) is 4.90. The van der Waals surface area contributed by atoms with Crippen molar-refractivity contribution in [1.29, 1.82) is 0 Å². The minimum absolute atomic E-state index is 0.000856. The van der Waals surface area contributed by atoms with E-state index in [0.717, 1.165) is 12.4 Å². The van der Waals surface area contributed by atoms with Crippen molar-refractivity contribution in [2.45, 2.75) is 25.8 Å². The Morgan fingerprint density at radius 2 is 2.31 bits per heavy atom. The Hall–Kier alpha value is -0.700. The summed E-state index contributed by atoms with van der Waals surface area (Å²) in [4.78, 5) is 4.19. The Balaban J connectivity index is 2.63. The maximum atomic E-state index is 5.70. The predicted octanol–water partition coefficient (Wildman–Crippen LogP) is 2.24. The first-order valence-electron chi connectivity index (χ1n) is 4.36. The Morgan fingerprint density at radius 1 is 1.62 bits per heavy atom. The van der Waals surface area contributed by atoms with Crippen LogP contribution in [0, 0.1) is 0 Å². The lowest BCUT2D eigenvalue weighted by Crippen LogP contribution is -2.32. The van der Waals surface area contributed by atoms with Gasteiger partial charge in [-0.15, -0.1) is 11.6 Å². The summed E-state index contributed by atoms with van der Waals surface area (Å²) in [5, 5.41) is 3.33. The van der Waals surface area contributed by atoms with Crippen LogP contribution in [0.3, 0.4) is 0 Å². The Kier molecular flexibility index (Phi) is 3.20. The van der Waals surface area contributed by atoms with Gasteiger partial charge in [-0.3, -0.25) is 0 Å². The van der Waals surface area contributed by atoms with Crippen LogP contribution in [0.4, 0.5) is 5.95 Å². The van der Waals surface area contributed by atoms with Crippen LogP contribution in [0.2, 0.25) is 0 Å². The Morgan fingerprint density at radius 3 is 2.77 bits per heavy atom. The zero-order chi connectivity index (χ0) is 9.90. The predicted molar refractivity (Wildman–Crippen MR) is 56.2 cm³/mol. The SMILES string of the molecule is Cn1ccnc1NC(C)(C)CCCl. The average molecular weight is 202 g/mol. The lowest BCUT2D eigenvalue weighted by Gasteiger charge is -2.25. The molecule has 0 aliphatic rings. The molecule has 1 heterocycles. The summed E-state index contributed by atoms with van der Waals surface area (Å²) >= 11 is 5.70. The first kappa shape index (κ1) is 10.4. The number of nitrogens with zero attached hydrogens (tertiary/aromatic N) is 2. The van der Waals surface area contributed by atoms with Gasteiger partial charge in [0.2, 0.25) is 5.95 Å². The fourth-order valence-corrected chi connectivity index (χ4v) is 1.56. The van der Waals surface area contributed by atoms with Crippen molar-refractivity contribution in [2.75, 3.05) is 11.2 Å². The lowest BCUT2D eigenvalue weighted by atomic mass is 10.0. The van der Waals surface area contributed by atoms with Gasteiger partial charge >= 0.3 is 0 Å². The third-order valence-corrected chi connectivity index (χ3v) is 2.18. The first-order chi connectivity index (χ1) is 6.05. The van der Waals surface area contributed by atoms with Crippen LogP contribution >= 0.6 is 11.6 Å². The molecule has 0 aromatic carbocycles. The highest BCUT2D eigenvalue weighted by Gasteiger charge is 2.17. The molecule has 0 saturated heterocycles. The van der Waals surface area contributed by atoms with Crippen LogP contribution in [0.1, 0.15) is 20.3 Å². The van der Waals surface area contributed by atoms with Crippen LogP contribution < -0.4 is 5.32 Å². The zero-order valence-corrected chi connectivity index (χ0v) is 9.10. The van der Waals surface area contributed by atoms with Gasteiger partial charge in [0.1, 0.15) is 0 Å². The van der Waals surface area contributed by atoms with Crippen LogP contribution in [0.25, 0.3) is 0 Å². The van der Waals surface area contributed by atoms with Gasteiger partial charge in [-0.05, 0) is 20.3 Å². The standard InChI is InChI=1S/C9H16ClN3/c1-9(2,4-5-10)12-8-11-6-7-13(8)3/h6-7H,4-5H2,1-3H3,(H,11,12). The Labute approximate surface area is 84.1 Å². The highest BCUT2D eigenvalue weighted by Crippen LogP contribution is 2.16. The molecule has 1 N–H and O–H groups in total. The molecule has 0 atom stereocenters. The Bertz CT molecular complexity index is 268. The van der Waals surface area contributed by atoms with Gasteiger partial charge in [0.15, 0.2) is 0 Å². The second-order valence-corrected chi connectivity index (χ2v) is 4.19. The summed E-state index contributed by atoms with van der Waals surface area (Å²) in [5.41, 5.74) is 0.000856. The number of imidazole rings is 1. The van der Waals surface area contributed by atoms with Crippen molar-refractivity contribution in [2.24, 2.45) is 7.05 Å². The quantitative estimate of drug-likeness (QED) is 0.758. The number of rotatable bonds is 4. The summed E-state index contributed by atoms with van der Waals surface area (Å²) in [5.74, 6) is 1.54. The van der Waals surface area contributed by atoms with E-state index in [1.807, 2.05) is 17.8 Å². The molecular weight excluding hydrogens is 186 g/mol. The van der Waals surface area contributed by atoms with Gasteiger partial charge in [0.05, 0.1) is 0 Å². The maximum Gasteiger partial charge on any atom is 0.202 e. The zero-order valence-electron chi connectivity index (χ0n) is 8.34. The molecule has 0 radical (unpaired) electrons. The minimum atomic E-state index is 0.000856. The fraction of sp³-hybridized carbons (Fsp3) is 0.667. The highest BCUT2D eigenvalue weighted by atomic mass is 35.5. The number of hydrogen-bond acceptors (Lipinski definition) is 2. The monoisotopic (exact) mass is 201 g/mol. The number of nitrogens with one attached hydrogen (secondary N) is 1. The van der Waals surface area contributed by atoms with Crippen molar-refractivity contribution < 1.29 is 0 Å². The van der Waals surface area contributed by atoms with E-state index in [4.69, 9.17) is 11.6 Å². The van der Waals surface area contributed by atoms with E-state index in [1.165, 1.54) is 0 Å². The molecule has 0 saturated carbocycles. The van der Waals surface area contributed by atoms with Gasteiger partial charge in [-0.2, -0.15) is 0 Å². The normalized spacial score (nSPS) is 11.7. The van der Waals surface area contributed by atoms with E-state index < -0.39 is 0 Å². The summed E-state index contributed by atoms with van der Waals surface area (Å²) in [7, 11) is 1.96. The summed E-state index contributed by atoms with van der Waals surface area (Å²) in [6.07, 6.45) is 4.61. The van der Waals surface area contributed by atoms with E-state index in [-0.39, 0.29) is 5.54 Å². The van der Waals surface area contributed by atoms with E-state index in [2.05, 4.69) is 24.1 Å². The van der Waals surface area contributed by atoms with E-state index in [9.17, 15) is 0 Å². The molecule has 1 aromatic heterocycles. The third kappa shape index (κ3) is 2.92. The fourth-order valence-electron chi connectivity index (χ4n) is 1.09. The van der Waals surface area contributed by atoms with Gasteiger partial charge in [-0.25, -0.2) is 4.98 Å². The van der Waals surface area contributed by atoms with E-state index in [0.29, 0.717) is 5.88 Å². The molecule has 0 bridgehead atoms. The molecule has 1 aromatic rings. The second kappa shape index (κ2) is 4.01. The van der Waals surface area contributed by atoms with Crippen molar-refractivity contribution >= 4 is 17.5 Å². The molecule has 0 aliphatic heterocycles. The largest absolute Gasteiger partial charge is 0.351 e. The molecule has 0 unspecified atom stereocenters. The number of halogens is 1. The van der Waals surface area contributed by atoms with E-state index in [1.54, 1.807) is 6.20 Å². The average Bonchev–Trinajstić information content (AvgIpc) is 2.35. The molecule has 0 aliphatic carbocycles. The minimum Gasteiger partial charge on any atom is -0.351 e. The molecule has 0 spiro atoms. The van der Waals surface area contributed by atoms with Crippen molar-refractivity contribution in [3.05, 3.63) is 12.4 Å². The maximum absolute atomic E-state index is 5.70. The second-order valence-electron chi connectivity index (χ2n) is 3.81. The number of aromatic nitrogens is 2.